The molecule has 7 heteroatoms. The molecule has 0 bridgehead atoms. The van der Waals surface area contributed by atoms with Gasteiger partial charge in [0.2, 0.25) is 5.91 Å². The first-order valence-electron chi connectivity index (χ1n) is 13.0. The highest BCUT2D eigenvalue weighted by atomic mass is 19.1. The number of para-hydroxylation sites is 1. The van der Waals surface area contributed by atoms with E-state index in [9.17, 15) is 14.0 Å². The maximum Gasteiger partial charge on any atom is 0.341 e. The lowest BCUT2D eigenvalue weighted by atomic mass is 9.87. The molecule has 4 aromatic rings. The fraction of sp³-hybridized carbons (Fsp3) is 0.290. The minimum absolute atomic E-state index is 0.0364. The van der Waals surface area contributed by atoms with Crippen molar-refractivity contribution in [3.8, 4) is 5.75 Å². The number of aromatic nitrogens is 1. The van der Waals surface area contributed by atoms with E-state index in [2.05, 4.69) is 30.5 Å². The van der Waals surface area contributed by atoms with Crippen LogP contribution in [0.4, 0.5) is 4.39 Å². The second kappa shape index (κ2) is 10.7. The standard InChI is InChI=1S/C31H31FN2O4/c1-3-33-20(2)23(25-10-6-7-11-27(25)33)13-15-29(35)34-17-16-21-8-4-5-9-24(21)31(34)26-18-22(32)12-14-28(26)38-19-30(36)37/h4-12,14,18,31H,3,13,15-17,19H2,1-2H3,(H,36,37). The molecule has 5 rings (SSSR count). The number of aryl methyl sites for hydroxylation is 2. The summed E-state index contributed by atoms with van der Waals surface area (Å²) in [6.45, 7) is 4.99. The van der Waals surface area contributed by atoms with Crippen molar-refractivity contribution in [3.05, 3.63) is 100 Å². The van der Waals surface area contributed by atoms with E-state index in [0.29, 0.717) is 31.4 Å². The molecule has 1 aliphatic heterocycles. The number of carboxylic acids is 1. The maximum absolute atomic E-state index is 14.5. The van der Waals surface area contributed by atoms with Gasteiger partial charge in [-0.1, -0.05) is 42.5 Å². The van der Waals surface area contributed by atoms with Crippen molar-refractivity contribution in [1.82, 2.24) is 9.47 Å². The van der Waals surface area contributed by atoms with Crippen LogP contribution >= 0.6 is 0 Å². The number of hydrogen-bond donors (Lipinski definition) is 1. The lowest BCUT2D eigenvalue weighted by molar-refractivity contribution is -0.139. The average molecular weight is 515 g/mol. The Morgan fingerprint density at radius 1 is 1.05 bits per heavy atom. The van der Waals surface area contributed by atoms with E-state index in [-0.39, 0.29) is 11.7 Å². The van der Waals surface area contributed by atoms with Crippen molar-refractivity contribution >= 4 is 22.8 Å². The number of halogens is 1. The van der Waals surface area contributed by atoms with E-state index in [1.54, 1.807) is 4.90 Å². The van der Waals surface area contributed by atoms with Crippen molar-refractivity contribution in [2.24, 2.45) is 0 Å². The molecule has 196 valence electrons. The number of nitrogens with zero attached hydrogens (tertiary/aromatic N) is 2. The quantitative estimate of drug-likeness (QED) is 0.329. The van der Waals surface area contributed by atoms with Gasteiger partial charge in [0.05, 0.1) is 6.04 Å². The van der Waals surface area contributed by atoms with Crippen molar-refractivity contribution in [2.75, 3.05) is 13.2 Å². The van der Waals surface area contributed by atoms with Gasteiger partial charge in [-0.2, -0.15) is 0 Å². The number of ether oxygens (including phenoxy) is 1. The predicted octanol–water partition coefficient (Wildman–Crippen LogP) is 5.68. The molecule has 1 aromatic heterocycles. The number of carboxylic acid groups (broad SMARTS) is 1. The van der Waals surface area contributed by atoms with Crippen LogP contribution in [-0.4, -0.2) is 39.6 Å². The van der Waals surface area contributed by atoms with E-state index >= 15 is 0 Å². The lowest BCUT2D eigenvalue weighted by Gasteiger charge is -2.38. The third kappa shape index (κ3) is 4.76. The zero-order valence-corrected chi connectivity index (χ0v) is 21.6. The summed E-state index contributed by atoms with van der Waals surface area (Å²) in [5.41, 5.74) is 5.93. The maximum atomic E-state index is 14.5. The predicted molar refractivity (Wildman–Crippen MR) is 144 cm³/mol. The molecule has 0 spiro atoms. The molecular formula is C31H31FN2O4. The minimum Gasteiger partial charge on any atom is -0.482 e. The zero-order valence-electron chi connectivity index (χ0n) is 21.6. The summed E-state index contributed by atoms with van der Waals surface area (Å²) in [7, 11) is 0. The molecule has 0 aliphatic carbocycles. The van der Waals surface area contributed by atoms with Gasteiger partial charge in [0.15, 0.2) is 6.61 Å². The molecule has 1 aliphatic rings. The van der Waals surface area contributed by atoms with Crippen molar-refractivity contribution in [2.45, 2.75) is 45.7 Å². The van der Waals surface area contributed by atoms with Gasteiger partial charge in [0.25, 0.3) is 0 Å². The molecule has 0 fully saturated rings. The smallest absolute Gasteiger partial charge is 0.341 e. The Morgan fingerprint density at radius 2 is 1.82 bits per heavy atom. The SMILES string of the molecule is CCn1c(C)c(CCC(=O)N2CCc3ccccc3C2c2cc(F)ccc2OCC(=O)O)c2ccccc21. The van der Waals surface area contributed by atoms with Gasteiger partial charge < -0.3 is 19.3 Å². The van der Waals surface area contributed by atoms with Crippen molar-refractivity contribution in [3.63, 3.8) is 0 Å². The van der Waals surface area contributed by atoms with E-state index in [4.69, 9.17) is 9.84 Å². The summed E-state index contributed by atoms with van der Waals surface area (Å²) < 4.78 is 22.3. The summed E-state index contributed by atoms with van der Waals surface area (Å²) in [6, 6.07) is 19.5. The summed E-state index contributed by atoms with van der Waals surface area (Å²) in [5.74, 6) is -1.37. The number of hydrogen-bond acceptors (Lipinski definition) is 3. The Morgan fingerprint density at radius 3 is 2.61 bits per heavy atom. The minimum atomic E-state index is -1.13. The number of fused-ring (bicyclic) bond motifs is 2. The first kappa shape index (κ1) is 25.5. The van der Waals surface area contributed by atoms with Crippen molar-refractivity contribution in [1.29, 1.82) is 0 Å². The van der Waals surface area contributed by atoms with Gasteiger partial charge in [0.1, 0.15) is 11.6 Å². The first-order chi connectivity index (χ1) is 18.4. The Kier molecular flexibility index (Phi) is 7.18. The van der Waals surface area contributed by atoms with Crippen LogP contribution in [0.5, 0.6) is 5.75 Å². The number of amides is 1. The highest BCUT2D eigenvalue weighted by Gasteiger charge is 2.34. The van der Waals surface area contributed by atoms with Gasteiger partial charge in [0, 0.05) is 41.7 Å². The van der Waals surface area contributed by atoms with Crippen LogP contribution in [0, 0.1) is 12.7 Å². The summed E-state index contributed by atoms with van der Waals surface area (Å²) in [4.78, 5) is 26.8. The second-order valence-corrected chi connectivity index (χ2v) is 9.63. The number of rotatable bonds is 8. The zero-order chi connectivity index (χ0) is 26.8. The molecule has 38 heavy (non-hydrogen) atoms. The van der Waals surface area contributed by atoms with Crippen LogP contribution < -0.4 is 4.74 Å². The normalized spacial score (nSPS) is 14.9. The van der Waals surface area contributed by atoms with Gasteiger partial charge in [-0.15, -0.1) is 0 Å². The molecule has 2 heterocycles. The number of carbonyl (C=O) groups excluding carboxylic acids is 1. The van der Waals surface area contributed by atoms with Crippen LogP contribution in [0.1, 0.15) is 47.3 Å². The molecular weight excluding hydrogens is 483 g/mol. The van der Waals surface area contributed by atoms with Gasteiger partial charge in [-0.3, -0.25) is 4.79 Å². The first-order valence-corrected chi connectivity index (χ1v) is 13.0. The molecule has 0 radical (unpaired) electrons. The summed E-state index contributed by atoms with van der Waals surface area (Å²) >= 11 is 0. The third-order valence-electron chi connectivity index (χ3n) is 7.49. The number of aliphatic carboxylic acids is 1. The fourth-order valence-corrected chi connectivity index (χ4v) is 5.78. The molecule has 0 saturated heterocycles. The number of carbonyl (C=O) groups is 2. The molecule has 3 aromatic carbocycles. The van der Waals surface area contributed by atoms with Gasteiger partial charge in [-0.05, 0) is 67.6 Å². The van der Waals surface area contributed by atoms with Crippen LogP contribution in [-0.2, 0) is 29.0 Å². The monoisotopic (exact) mass is 514 g/mol. The fourth-order valence-electron chi connectivity index (χ4n) is 5.78. The molecule has 1 N–H and O–H groups in total. The molecule has 1 amide bonds. The molecule has 1 atom stereocenters. The highest BCUT2D eigenvalue weighted by Crippen LogP contribution is 2.40. The largest absolute Gasteiger partial charge is 0.482 e. The van der Waals surface area contributed by atoms with E-state index < -0.39 is 24.4 Å². The Hall–Kier alpha value is -4.13. The van der Waals surface area contributed by atoms with Crippen LogP contribution in [0.25, 0.3) is 10.9 Å². The summed E-state index contributed by atoms with van der Waals surface area (Å²) in [6.07, 6.45) is 1.58. The second-order valence-electron chi connectivity index (χ2n) is 9.63. The molecule has 6 nitrogen and oxygen atoms in total. The highest BCUT2D eigenvalue weighted by molar-refractivity contribution is 5.86. The van der Waals surface area contributed by atoms with Crippen LogP contribution in [0.2, 0.25) is 0 Å². The Labute approximate surface area is 221 Å². The van der Waals surface area contributed by atoms with E-state index in [1.807, 2.05) is 36.4 Å². The Balaban J connectivity index is 1.50. The topological polar surface area (TPSA) is 71.8 Å². The molecule has 1 unspecified atom stereocenters. The lowest BCUT2D eigenvalue weighted by Crippen LogP contribution is -2.41. The third-order valence-corrected chi connectivity index (χ3v) is 7.49. The molecule has 0 saturated carbocycles. The van der Waals surface area contributed by atoms with Crippen molar-refractivity contribution < 1.29 is 23.8 Å². The van der Waals surface area contributed by atoms with E-state index in [0.717, 1.165) is 28.8 Å². The Bertz CT molecular complexity index is 1510. The van der Waals surface area contributed by atoms with Crippen LogP contribution in [0.15, 0.2) is 66.7 Å². The summed E-state index contributed by atoms with van der Waals surface area (Å²) in [5, 5.41) is 10.3. The van der Waals surface area contributed by atoms with Crippen LogP contribution in [0.3, 0.4) is 0 Å². The average Bonchev–Trinajstić information content (AvgIpc) is 3.20. The van der Waals surface area contributed by atoms with Gasteiger partial charge >= 0.3 is 5.97 Å². The number of benzene rings is 3. The van der Waals surface area contributed by atoms with E-state index in [1.165, 1.54) is 29.3 Å². The van der Waals surface area contributed by atoms with Gasteiger partial charge in [-0.25, -0.2) is 9.18 Å².